The number of benzene rings is 2. The summed E-state index contributed by atoms with van der Waals surface area (Å²) < 4.78 is 1.88. The van der Waals surface area contributed by atoms with Gasteiger partial charge in [0.2, 0.25) is 0 Å². The van der Waals surface area contributed by atoms with Gasteiger partial charge >= 0.3 is 0 Å². The summed E-state index contributed by atoms with van der Waals surface area (Å²) in [6.45, 7) is 3.06. The summed E-state index contributed by atoms with van der Waals surface area (Å²) >= 11 is 12.4. The molecule has 0 atom stereocenters. The predicted octanol–water partition coefficient (Wildman–Crippen LogP) is 5.37. The van der Waals surface area contributed by atoms with Gasteiger partial charge in [-0.2, -0.15) is 5.10 Å². The highest BCUT2D eigenvalue weighted by atomic mass is 35.5. The minimum absolute atomic E-state index is 0.632. The first kappa shape index (κ1) is 15.2. The Hall–Kier alpha value is -1.71. The van der Waals surface area contributed by atoms with Gasteiger partial charge in [-0.3, -0.25) is 4.68 Å². The van der Waals surface area contributed by atoms with Crippen LogP contribution in [-0.4, -0.2) is 16.3 Å². The quantitative estimate of drug-likeness (QED) is 0.695. The van der Waals surface area contributed by atoms with E-state index in [0.29, 0.717) is 10.0 Å². The monoisotopic (exact) mass is 333 g/mol. The van der Waals surface area contributed by atoms with Gasteiger partial charge < -0.3 is 5.32 Å². The standard InChI is InChI=1S/C17H17Cl2N3/c1-3-9-20-17-14-6-4-5-13(16(14)21-22(17)2)12-8-7-11(18)10-15(12)19/h4-8,10,20H,3,9H2,1-2H3. The molecule has 5 heteroatoms. The number of nitrogens with zero attached hydrogens (tertiary/aromatic N) is 2. The Bertz CT molecular complexity index is 824. The molecule has 0 saturated carbocycles. The molecule has 0 aliphatic heterocycles. The fourth-order valence-corrected chi connectivity index (χ4v) is 3.11. The van der Waals surface area contributed by atoms with Crippen LogP contribution >= 0.6 is 23.2 Å². The summed E-state index contributed by atoms with van der Waals surface area (Å²) in [7, 11) is 1.95. The zero-order valence-corrected chi connectivity index (χ0v) is 14.0. The largest absolute Gasteiger partial charge is 0.370 e. The van der Waals surface area contributed by atoms with Crippen LogP contribution in [0.15, 0.2) is 36.4 Å². The smallest absolute Gasteiger partial charge is 0.131 e. The summed E-state index contributed by atoms with van der Waals surface area (Å²) in [5.74, 6) is 1.03. The number of hydrogen-bond donors (Lipinski definition) is 1. The zero-order valence-electron chi connectivity index (χ0n) is 12.5. The zero-order chi connectivity index (χ0) is 15.7. The Kier molecular flexibility index (Phi) is 4.27. The van der Waals surface area contributed by atoms with E-state index in [2.05, 4.69) is 23.4 Å². The van der Waals surface area contributed by atoms with E-state index in [1.54, 1.807) is 6.07 Å². The molecule has 2 aromatic carbocycles. The molecule has 3 nitrogen and oxygen atoms in total. The molecule has 0 saturated heterocycles. The lowest BCUT2D eigenvalue weighted by molar-refractivity contribution is 0.777. The van der Waals surface area contributed by atoms with Gasteiger partial charge in [-0.25, -0.2) is 0 Å². The fourth-order valence-electron chi connectivity index (χ4n) is 2.59. The van der Waals surface area contributed by atoms with Crippen LogP contribution in [0, 0.1) is 0 Å². The van der Waals surface area contributed by atoms with Crippen molar-refractivity contribution in [2.75, 3.05) is 11.9 Å². The van der Waals surface area contributed by atoms with Gasteiger partial charge in [0, 0.05) is 40.2 Å². The van der Waals surface area contributed by atoms with Crippen LogP contribution in [0.3, 0.4) is 0 Å². The second kappa shape index (κ2) is 6.19. The van der Waals surface area contributed by atoms with E-state index in [-0.39, 0.29) is 0 Å². The van der Waals surface area contributed by atoms with Crippen molar-refractivity contribution in [3.8, 4) is 11.1 Å². The molecule has 1 heterocycles. The van der Waals surface area contributed by atoms with Crippen molar-refractivity contribution in [3.63, 3.8) is 0 Å². The third-order valence-corrected chi connectivity index (χ3v) is 4.18. The molecular formula is C17H17Cl2N3. The van der Waals surface area contributed by atoms with Crippen molar-refractivity contribution in [3.05, 3.63) is 46.4 Å². The van der Waals surface area contributed by atoms with Crippen LogP contribution < -0.4 is 5.32 Å². The summed E-state index contributed by atoms with van der Waals surface area (Å²) in [6, 6.07) is 11.7. The molecule has 22 heavy (non-hydrogen) atoms. The van der Waals surface area contributed by atoms with Gasteiger partial charge in [-0.1, -0.05) is 48.3 Å². The summed E-state index contributed by atoms with van der Waals surface area (Å²) in [6.07, 6.45) is 1.06. The average molecular weight is 334 g/mol. The number of hydrogen-bond acceptors (Lipinski definition) is 2. The minimum Gasteiger partial charge on any atom is -0.370 e. The second-order valence-corrected chi connectivity index (χ2v) is 6.07. The van der Waals surface area contributed by atoms with E-state index < -0.39 is 0 Å². The highest BCUT2D eigenvalue weighted by Gasteiger charge is 2.14. The van der Waals surface area contributed by atoms with E-state index in [4.69, 9.17) is 23.2 Å². The van der Waals surface area contributed by atoms with Crippen LogP contribution in [-0.2, 0) is 7.05 Å². The minimum atomic E-state index is 0.632. The lowest BCUT2D eigenvalue weighted by Crippen LogP contribution is -2.05. The van der Waals surface area contributed by atoms with Crippen LogP contribution in [0.2, 0.25) is 10.0 Å². The topological polar surface area (TPSA) is 29.9 Å². The lowest BCUT2D eigenvalue weighted by Gasteiger charge is -2.07. The maximum atomic E-state index is 6.36. The van der Waals surface area contributed by atoms with Crippen molar-refractivity contribution in [1.29, 1.82) is 0 Å². The molecule has 0 amide bonds. The van der Waals surface area contributed by atoms with Crippen LogP contribution in [0.4, 0.5) is 5.82 Å². The molecule has 1 N–H and O–H groups in total. The van der Waals surface area contributed by atoms with Gasteiger partial charge in [0.15, 0.2) is 0 Å². The van der Waals surface area contributed by atoms with Crippen LogP contribution in [0.25, 0.3) is 22.0 Å². The molecule has 3 rings (SSSR count). The Morgan fingerprint density at radius 1 is 1.14 bits per heavy atom. The predicted molar refractivity (Wildman–Crippen MR) is 95.0 cm³/mol. The van der Waals surface area contributed by atoms with Gasteiger partial charge in [0.1, 0.15) is 11.3 Å². The fraction of sp³-hybridized carbons (Fsp3) is 0.235. The van der Waals surface area contributed by atoms with E-state index >= 15 is 0 Å². The van der Waals surface area contributed by atoms with Crippen LogP contribution in [0.1, 0.15) is 13.3 Å². The Morgan fingerprint density at radius 2 is 1.95 bits per heavy atom. The number of nitrogens with one attached hydrogen (secondary N) is 1. The molecule has 0 spiro atoms. The second-order valence-electron chi connectivity index (χ2n) is 5.22. The van der Waals surface area contributed by atoms with Gasteiger partial charge in [0.25, 0.3) is 0 Å². The maximum absolute atomic E-state index is 6.36. The molecule has 114 valence electrons. The van der Waals surface area contributed by atoms with Gasteiger partial charge in [0.05, 0.1) is 0 Å². The Balaban J connectivity index is 2.19. The molecule has 0 unspecified atom stereocenters. The lowest BCUT2D eigenvalue weighted by atomic mass is 10.0. The van der Waals surface area contributed by atoms with Crippen molar-refractivity contribution in [1.82, 2.24) is 9.78 Å². The van der Waals surface area contributed by atoms with Crippen molar-refractivity contribution in [2.45, 2.75) is 13.3 Å². The highest BCUT2D eigenvalue weighted by Crippen LogP contribution is 2.36. The first-order chi connectivity index (χ1) is 10.6. The SMILES string of the molecule is CCCNc1c2cccc(-c3ccc(Cl)cc3Cl)c2nn1C. The first-order valence-corrected chi connectivity index (χ1v) is 8.02. The molecule has 3 aromatic rings. The maximum Gasteiger partial charge on any atom is 0.131 e. The molecule has 1 aromatic heterocycles. The normalized spacial score (nSPS) is 11.1. The number of aryl methyl sites for hydroxylation is 1. The molecule has 0 bridgehead atoms. The number of aromatic nitrogens is 2. The van der Waals surface area contributed by atoms with Crippen molar-refractivity contribution in [2.24, 2.45) is 7.05 Å². The van der Waals surface area contributed by atoms with E-state index in [0.717, 1.165) is 40.8 Å². The number of fused-ring (bicyclic) bond motifs is 1. The number of halogens is 2. The molecular weight excluding hydrogens is 317 g/mol. The number of anilines is 1. The van der Waals surface area contributed by atoms with E-state index in [9.17, 15) is 0 Å². The molecule has 0 radical (unpaired) electrons. The highest BCUT2D eigenvalue weighted by molar-refractivity contribution is 6.36. The third kappa shape index (κ3) is 2.67. The van der Waals surface area contributed by atoms with Crippen molar-refractivity contribution >= 4 is 39.9 Å². The van der Waals surface area contributed by atoms with Gasteiger partial charge in [-0.15, -0.1) is 0 Å². The summed E-state index contributed by atoms with van der Waals surface area (Å²) in [4.78, 5) is 0. The molecule has 0 fully saturated rings. The van der Waals surface area contributed by atoms with Gasteiger partial charge in [-0.05, 0) is 24.6 Å². The first-order valence-electron chi connectivity index (χ1n) is 7.27. The summed E-state index contributed by atoms with van der Waals surface area (Å²) in [5, 5.41) is 10.5. The average Bonchev–Trinajstić information content (AvgIpc) is 2.81. The molecule has 0 aliphatic rings. The summed E-state index contributed by atoms with van der Waals surface area (Å²) in [5.41, 5.74) is 2.89. The number of rotatable bonds is 4. The van der Waals surface area contributed by atoms with E-state index in [1.807, 2.05) is 36.0 Å². The van der Waals surface area contributed by atoms with E-state index in [1.165, 1.54) is 0 Å². The van der Waals surface area contributed by atoms with Crippen LogP contribution in [0.5, 0.6) is 0 Å². The Labute approximate surface area is 139 Å². The Morgan fingerprint density at radius 3 is 2.68 bits per heavy atom. The van der Waals surface area contributed by atoms with Crippen molar-refractivity contribution < 1.29 is 0 Å². The third-order valence-electron chi connectivity index (χ3n) is 3.63. The molecule has 0 aliphatic carbocycles.